The first-order valence-electron chi connectivity index (χ1n) is 9.78. The molecule has 1 aliphatic rings. The highest BCUT2D eigenvalue weighted by Crippen LogP contribution is 2.27. The van der Waals surface area contributed by atoms with Crippen molar-refractivity contribution in [2.75, 3.05) is 26.2 Å². The zero-order valence-corrected chi connectivity index (χ0v) is 18.7. The van der Waals surface area contributed by atoms with Crippen LogP contribution in [-0.2, 0) is 16.6 Å². The molecular weight excluding hydrogens is 434 g/mol. The number of hydrogen-bond donors (Lipinski definition) is 0. The first-order chi connectivity index (χ1) is 14.6. The molecule has 154 valence electrons. The SMILES string of the molecule is O=S(=O)(c1ccc2ccccc2c1)N1CCN(Cc2csc(-c3ccsc3)n2)CC1. The molecule has 3 heterocycles. The molecule has 1 aliphatic heterocycles. The number of thiazole rings is 1. The van der Waals surface area contributed by atoms with E-state index in [-0.39, 0.29) is 0 Å². The molecule has 2 aromatic heterocycles. The summed E-state index contributed by atoms with van der Waals surface area (Å²) in [7, 11) is -3.48. The van der Waals surface area contributed by atoms with Gasteiger partial charge in [-0.3, -0.25) is 4.90 Å². The Morgan fingerprint density at radius 2 is 1.73 bits per heavy atom. The molecule has 0 bridgehead atoms. The predicted molar refractivity (Wildman–Crippen MR) is 123 cm³/mol. The molecule has 0 N–H and O–H groups in total. The molecule has 5 rings (SSSR count). The van der Waals surface area contributed by atoms with E-state index in [4.69, 9.17) is 4.98 Å². The van der Waals surface area contributed by atoms with Crippen molar-refractivity contribution in [1.82, 2.24) is 14.2 Å². The summed E-state index contributed by atoms with van der Waals surface area (Å²) in [6, 6.07) is 15.3. The number of benzene rings is 2. The zero-order valence-electron chi connectivity index (χ0n) is 16.3. The van der Waals surface area contributed by atoms with Crippen LogP contribution in [0.15, 0.2) is 69.6 Å². The molecule has 0 saturated carbocycles. The van der Waals surface area contributed by atoms with Gasteiger partial charge in [-0.05, 0) is 34.4 Å². The maximum absolute atomic E-state index is 13.1. The van der Waals surface area contributed by atoms with Gasteiger partial charge in [0.25, 0.3) is 0 Å². The second kappa shape index (κ2) is 8.20. The number of hydrogen-bond acceptors (Lipinski definition) is 6. The lowest BCUT2D eigenvalue weighted by atomic mass is 10.1. The third-order valence-corrected chi connectivity index (χ3v) is 8.91. The van der Waals surface area contributed by atoms with Gasteiger partial charge in [-0.2, -0.15) is 15.6 Å². The van der Waals surface area contributed by atoms with Crippen LogP contribution in [0.4, 0.5) is 0 Å². The average Bonchev–Trinajstić information content (AvgIpc) is 3.46. The summed E-state index contributed by atoms with van der Waals surface area (Å²) >= 11 is 3.34. The van der Waals surface area contributed by atoms with Crippen LogP contribution in [0.25, 0.3) is 21.3 Å². The minimum absolute atomic E-state index is 0.370. The van der Waals surface area contributed by atoms with Gasteiger partial charge < -0.3 is 0 Å². The molecule has 30 heavy (non-hydrogen) atoms. The molecular formula is C22H21N3O2S3. The smallest absolute Gasteiger partial charge is 0.243 e. The molecule has 0 unspecified atom stereocenters. The normalized spacial score (nSPS) is 16.3. The first kappa shape index (κ1) is 19.8. The first-order valence-corrected chi connectivity index (χ1v) is 13.0. The van der Waals surface area contributed by atoms with Crippen LogP contribution in [0.2, 0.25) is 0 Å². The van der Waals surface area contributed by atoms with Gasteiger partial charge in [0.1, 0.15) is 5.01 Å². The lowest BCUT2D eigenvalue weighted by molar-refractivity contribution is 0.180. The van der Waals surface area contributed by atoms with Crippen molar-refractivity contribution in [3.8, 4) is 10.6 Å². The summed E-state index contributed by atoms with van der Waals surface area (Å²) in [5, 5.41) is 9.31. The van der Waals surface area contributed by atoms with Crippen molar-refractivity contribution in [1.29, 1.82) is 0 Å². The van der Waals surface area contributed by atoms with Crippen LogP contribution < -0.4 is 0 Å². The monoisotopic (exact) mass is 455 g/mol. The van der Waals surface area contributed by atoms with Crippen LogP contribution in [0.3, 0.4) is 0 Å². The number of aromatic nitrogens is 1. The van der Waals surface area contributed by atoms with Crippen LogP contribution in [0, 0.1) is 0 Å². The number of fused-ring (bicyclic) bond motifs is 1. The Balaban J connectivity index is 1.24. The highest BCUT2D eigenvalue weighted by molar-refractivity contribution is 7.89. The highest BCUT2D eigenvalue weighted by atomic mass is 32.2. The fraction of sp³-hybridized carbons (Fsp3) is 0.227. The quantitative estimate of drug-likeness (QED) is 0.444. The van der Waals surface area contributed by atoms with Gasteiger partial charge in [0.15, 0.2) is 0 Å². The topological polar surface area (TPSA) is 53.5 Å². The molecule has 0 amide bonds. The van der Waals surface area contributed by atoms with Gasteiger partial charge in [-0.25, -0.2) is 13.4 Å². The van der Waals surface area contributed by atoms with E-state index in [1.54, 1.807) is 39.1 Å². The highest BCUT2D eigenvalue weighted by Gasteiger charge is 2.28. The minimum Gasteiger partial charge on any atom is -0.295 e. The fourth-order valence-electron chi connectivity index (χ4n) is 3.73. The van der Waals surface area contributed by atoms with Crippen molar-refractivity contribution in [3.63, 3.8) is 0 Å². The van der Waals surface area contributed by atoms with Crippen molar-refractivity contribution in [3.05, 3.63) is 70.4 Å². The molecule has 0 aliphatic carbocycles. The third kappa shape index (κ3) is 3.93. The molecule has 0 atom stereocenters. The maximum atomic E-state index is 13.1. The maximum Gasteiger partial charge on any atom is 0.243 e. The number of thiophene rings is 1. The van der Waals surface area contributed by atoms with Crippen molar-refractivity contribution >= 4 is 43.5 Å². The Hall–Kier alpha value is -2.10. The molecule has 1 fully saturated rings. The van der Waals surface area contributed by atoms with Gasteiger partial charge in [-0.15, -0.1) is 11.3 Å². The van der Waals surface area contributed by atoms with Gasteiger partial charge in [0.05, 0.1) is 10.6 Å². The molecule has 0 radical (unpaired) electrons. The molecule has 4 aromatic rings. The van der Waals surface area contributed by atoms with Crippen LogP contribution >= 0.6 is 22.7 Å². The van der Waals surface area contributed by atoms with Gasteiger partial charge in [0, 0.05) is 49.0 Å². The van der Waals surface area contributed by atoms with E-state index in [1.807, 2.05) is 30.3 Å². The van der Waals surface area contributed by atoms with Crippen molar-refractivity contribution in [2.45, 2.75) is 11.4 Å². The lowest BCUT2D eigenvalue weighted by Gasteiger charge is -2.33. The Morgan fingerprint density at radius 3 is 2.50 bits per heavy atom. The zero-order chi connectivity index (χ0) is 20.6. The largest absolute Gasteiger partial charge is 0.295 e. The lowest BCUT2D eigenvalue weighted by Crippen LogP contribution is -2.48. The molecule has 5 nitrogen and oxygen atoms in total. The van der Waals surface area contributed by atoms with Gasteiger partial charge >= 0.3 is 0 Å². The summed E-state index contributed by atoms with van der Waals surface area (Å²) in [6.45, 7) is 3.16. The summed E-state index contributed by atoms with van der Waals surface area (Å²) in [6.07, 6.45) is 0. The second-order valence-electron chi connectivity index (χ2n) is 7.35. The fourth-order valence-corrected chi connectivity index (χ4v) is 6.71. The summed E-state index contributed by atoms with van der Waals surface area (Å²) in [5.41, 5.74) is 2.22. The Kier molecular flexibility index (Phi) is 5.43. The van der Waals surface area contributed by atoms with Gasteiger partial charge in [-0.1, -0.05) is 30.3 Å². The Labute approximate surface area is 184 Å². The number of piperazine rings is 1. The average molecular weight is 456 g/mol. The van der Waals surface area contributed by atoms with E-state index in [0.29, 0.717) is 31.1 Å². The molecule has 8 heteroatoms. The summed E-state index contributed by atoms with van der Waals surface area (Å²) < 4.78 is 27.9. The van der Waals surface area contributed by atoms with Crippen molar-refractivity contribution in [2.24, 2.45) is 0 Å². The Bertz CT molecular complexity index is 1260. The standard InChI is InChI=1S/C22H21N3O2S3/c26-30(27,21-6-5-17-3-1-2-4-18(17)13-21)25-10-8-24(9-11-25)14-20-16-29-22(23-20)19-7-12-28-15-19/h1-7,12-13,15-16H,8-11,14H2. The molecule has 2 aromatic carbocycles. The number of sulfonamides is 1. The van der Waals surface area contributed by atoms with Crippen LogP contribution in [-0.4, -0.2) is 48.8 Å². The van der Waals surface area contributed by atoms with E-state index >= 15 is 0 Å². The Morgan fingerprint density at radius 1 is 0.933 bits per heavy atom. The van der Waals surface area contributed by atoms with E-state index in [9.17, 15) is 8.42 Å². The molecule has 1 saturated heterocycles. The predicted octanol–water partition coefficient (Wildman–Crippen LogP) is 4.53. The minimum atomic E-state index is -3.48. The second-order valence-corrected chi connectivity index (χ2v) is 10.9. The van der Waals surface area contributed by atoms with Crippen LogP contribution in [0.5, 0.6) is 0 Å². The molecule has 0 spiro atoms. The van der Waals surface area contributed by atoms with Gasteiger partial charge in [0.2, 0.25) is 10.0 Å². The van der Waals surface area contributed by atoms with E-state index in [1.165, 1.54) is 5.56 Å². The van der Waals surface area contributed by atoms with Crippen LogP contribution in [0.1, 0.15) is 5.69 Å². The number of nitrogens with zero attached hydrogens (tertiary/aromatic N) is 3. The van der Waals surface area contributed by atoms with E-state index in [0.717, 1.165) is 28.0 Å². The summed E-state index contributed by atoms with van der Waals surface area (Å²) in [5.74, 6) is 0. The van der Waals surface area contributed by atoms with E-state index in [2.05, 4.69) is 27.1 Å². The van der Waals surface area contributed by atoms with E-state index < -0.39 is 10.0 Å². The number of rotatable bonds is 5. The third-order valence-electron chi connectivity index (χ3n) is 5.40. The summed E-state index contributed by atoms with van der Waals surface area (Å²) in [4.78, 5) is 7.39. The van der Waals surface area contributed by atoms with Crippen molar-refractivity contribution < 1.29 is 8.42 Å².